The van der Waals surface area contributed by atoms with Crippen molar-refractivity contribution < 1.29 is 29.1 Å². The van der Waals surface area contributed by atoms with Gasteiger partial charge < -0.3 is 14.6 Å². The molecule has 0 spiro atoms. The summed E-state index contributed by atoms with van der Waals surface area (Å²) in [4.78, 5) is 32.0. The summed E-state index contributed by atoms with van der Waals surface area (Å²) in [5.41, 5.74) is -0.0551. The van der Waals surface area contributed by atoms with Crippen molar-refractivity contribution in [3.8, 4) is 5.75 Å². The number of methoxy groups -OCH3 is 1. The number of hydrogen-bond donors (Lipinski definition) is 1. The van der Waals surface area contributed by atoms with Crippen molar-refractivity contribution in [2.24, 2.45) is 0 Å². The van der Waals surface area contributed by atoms with E-state index in [0.29, 0.717) is 0 Å². The fraction of sp³-hybridized carbons (Fsp3) is 0.231. The first-order valence-electron chi connectivity index (χ1n) is 5.79. The second kappa shape index (κ2) is 7.04. The van der Waals surface area contributed by atoms with Gasteiger partial charge in [0, 0.05) is 23.8 Å². The van der Waals surface area contributed by atoms with E-state index in [-0.39, 0.29) is 17.0 Å². The molecule has 0 aliphatic rings. The molecular formula is C13H13NO7. The lowest BCUT2D eigenvalue weighted by molar-refractivity contribution is -0.384. The van der Waals surface area contributed by atoms with Gasteiger partial charge in [0.15, 0.2) is 6.10 Å². The Morgan fingerprint density at radius 2 is 2.10 bits per heavy atom. The highest BCUT2D eigenvalue weighted by Gasteiger charge is 2.18. The molecular weight excluding hydrogens is 282 g/mol. The highest BCUT2D eigenvalue weighted by atomic mass is 16.6. The zero-order valence-corrected chi connectivity index (χ0v) is 11.3. The molecule has 0 heterocycles. The minimum absolute atomic E-state index is 0.135. The Kier molecular flexibility index (Phi) is 5.41. The van der Waals surface area contributed by atoms with Crippen molar-refractivity contribution in [1.29, 1.82) is 0 Å². The number of nitrogens with zero attached hydrogens (tertiary/aromatic N) is 1. The lowest BCUT2D eigenvalue weighted by atomic mass is 10.1. The van der Waals surface area contributed by atoms with E-state index in [4.69, 9.17) is 9.84 Å². The Labute approximate surface area is 119 Å². The average Bonchev–Trinajstić information content (AvgIpc) is 2.44. The lowest BCUT2D eigenvalue weighted by Gasteiger charge is -2.14. The third kappa shape index (κ3) is 4.60. The van der Waals surface area contributed by atoms with Gasteiger partial charge in [-0.3, -0.25) is 10.1 Å². The minimum Gasteiger partial charge on any atom is -0.478 e. The van der Waals surface area contributed by atoms with Gasteiger partial charge in [0.05, 0.1) is 12.0 Å². The number of nitro benzene ring substituents is 1. The number of carboxylic acids is 1. The monoisotopic (exact) mass is 295 g/mol. The predicted molar refractivity (Wildman–Crippen MR) is 71.9 cm³/mol. The van der Waals surface area contributed by atoms with E-state index in [1.165, 1.54) is 26.2 Å². The number of hydrogen-bond acceptors (Lipinski definition) is 6. The number of nitro groups is 1. The Morgan fingerprint density at radius 3 is 2.62 bits per heavy atom. The second-order valence-electron chi connectivity index (χ2n) is 3.93. The first kappa shape index (κ1) is 16.2. The summed E-state index contributed by atoms with van der Waals surface area (Å²) < 4.78 is 9.82. The van der Waals surface area contributed by atoms with Gasteiger partial charge in [0.2, 0.25) is 0 Å². The first-order valence-corrected chi connectivity index (χ1v) is 5.79. The Bertz CT molecular complexity index is 594. The molecule has 0 amide bonds. The largest absolute Gasteiger partial charge is 0.478 e. The fourth-order valence-corrected chi connectivity index (χ4v) is 1.45. The van der Waals surface area contributed by atoms with Gasteiger partial charge >= 0.3 is 11.9 Å². The molecule has 0 fully saturated rings. The number of rotatable bonds is 6. The standard InChI is InChI=1S/C13H13NO7/c1-8(13(17)20-2)21-11-5-4-10(14(18)19)7-9(11)3-6-12(15)16/h3-8H,1-2H3,(H,15,16). The quantitative estimate of drug-likeness (QED) is 0.367. The summed E-state index contributed by atoms with van der Waals surface area (Å²) in [5, 5.41) is 19.3. The summed E-state index contributed by atoms with van der Waals surface area (Å²) in [6.45, 7) is 1.44. The molecule has 112 valence electrons. The maximum Gasteiger partial charge on any atom is 0.346 e. The van der Waals surface area contributed by atoms with Crippen LogP contribution in [-0.2, 0) is 14.3 Å². The van der Waals surface area contributed by atoms with Crippen LogP contribution in [0.5, 0.6) is 5.75 Å². The molecule has 1 aromatic carbocycles. The molecule has 0 bridgehead atoms. The molecule has 21 heavy (non-hydrogen) atoms. The van der Waals surface area contributed by atoms with Crippen LogP contribution in [0.15, 0.2) is 24.3 Å². The minimum atomic E-state index is -1.21. The molecule has 8 nitrogen and oxygen atoms in total. The normalized spacial score (nSPS) is 11.9. The topological polar surface area (TPSA) is 116 Å². The number of ether oxygens (including phenoxy) is 2. The molecule has 0 aliphatic carbocycles. The molecule has 0 aromatic heterocycles. The molecule has 0 saturated heterocycles. The van der Waals surface area contributed by atoms with Crippen molar-refractivity contribution in [2.75, 3.05) is 7.11 Å². The van der Waals surface area contributed by atoms with E-state index in [1.807, 2.05) is 0 Å². The van der Waals surface area contributed by atoms with E-state index in [1.54, 1.807) is 0 Å². The zero-order valence-electron chi connectivity index (χ0n) is 11.3. The summed E-state index contributed by atoms with van der Waals surface area (Å²) in [6.07, 6.45) is 1.03. The fourth-order valence-electron chi connectivity index (χ4n) is 1.45. The molecule has 1 N–H and O–H groups in total. The van der Waals surface area contributed by atoms with Crippen molar-refractivity contribution in [2.45, 2.75) is 13.0 Å². The Hall–Kier alpha value is -2.90. The van der Waals surface area contributed by atoms with Crippen LogP contribution in [0.25, 0.3) is 6.08 Å². The van der Waals surface area contributed by atoms with Crippen LogP contribution < -0.4 is 4.74 Å². The Morgan fingerprint density at radius 1 is 1.43 bits per heavy atom. The summed E-state index contributed by atoms with van der Waals surface area (Å²) in [5.74, 6) is -1.70. The number of non-ortho nitro benzene ring substituents is 1. The molecule has 1 unspecified atom stereocenters. The van der Waals surface area contributed by atoms with Gasteiger partial charge in [0.25, 0.3) is 5.69 Å². The number of benzene rings is 1. The summed E-state index contributed by atoms with van der Waals surface area (Å²) >= 11 is 0. The van der Waals surface area contributed by atoms with Gasteiger partial charge in [0.1, 0.15) is 5.75 Å². The summed E-state index contributed by atoms with van der Waals surface area (Å²) in [7, 11) is 1.20. The van der Waals surface area contributed by atoms with Gasteiger partial charge in [-0.25, -0.2) is 9.59 Å². The van der Waals surface area contributed by atoms with Crippen LogP contribution >= 0.6 is 0 Å². The van der Waals surface area contributed by atoms with E-state index in [2.05, 4.69) is 4.74 Å². The molecule has 0 radical (unpaired) electrons. The second-order valence-corrected chi connectivity index (χ2v) is 3.93. The highest BCUT2D eigenvalue weighted by Crippen LogP contribution is 2.26. The average molecular weight is 295 g/mol. The maximum absolute atomic E-state index is 11.3. The van der Waals surface area contributed by atoms with E-state index in [9.17, 15) is 19.7 Å². The third-order valence-corrected chi connectivity index (χ3v) is 2.45. The van der Waals surface area contributed by atoms with Gasteiger partial charge in [-0.2, -0.15) is 0 Å². The molecule has 0 saturated carbocycles. The third-order valence-electron chi connectivity index (χ3n) is 2.45. The van der Waals surface area contributed by atoms with Crippen LogP contribution in [0, 0.1) is 10.1 Å². The van der Waals surface area contributed by atoms with Crippen LogP contribution in [0.1, 0.15) is 12.5 Å². The van der Waals surface area contributed by atoms with Gasteiger partial charge in [-0.1, -0.05) is 0 Å². The predicted octanol–water partition coefficient (Wildman–Crippen LogP) is 1.63. The molecule has 8 heteroatoms. The van der Waals surface area contributed by atoms with E-state index >= 15 is 0 Å². The number of esters is 1. The zero-order chi connectivity index (χ0) is 16.0. The number of aliphatic carboxylic acids is 1. The molecule has 1 atom stereocenters. The highest BCUT2D eigenvalue weighted by molar-refractivity contribution is 5.86. The maximum atomic E-state index is 11.3. The smallest absolute Gasteiger partial charge is 0.346 e. The van der Waals surface area contributed by atoms with Crippen LogP contribution in [-0.4, -0.2) is 35.2 Å². The summed E-state index contributed by atoms with van der Waals surface area (Å²) in [6, 6.07) is 3.63. The molecule has 1 aromatic rings. The van der Waals surface area contributed by atoms with Gasteiger partial charge in [-0.05, 0) is 19.1 Å². The van der Waals surface area contributed by atoms with E-state index < -0.39 is 23.0 Å². The lowest BCUT2D eigenvalue weighted by Crippen LogP contribution is -2.25. The SMILES string of the molecule is COC(=O)C(C)Oc1ccc([N+](=O)[O-])cc1C=CC(=O)O. The van der Waals surface area contributed by atoms with Crippen LogP contribution in [0.3, 0.4) is 0 Å². The number of carbonyl (C=O) groups is 2. The van der Waals surface area contributed by atoms with Crippen molar-refractivity contribution in [3.63, 3.8) is 0 Å². The number of carboxylic acid groups (broad SMARTS) is 1. The number of carbonyl (C=O) groups excluding carboxylic acids is 1. The van der Waals surface area contributed by atoms with E-state index in [0.717, 1.165) is 18.2 Å². The molecule has 0 aliphatic heterocycles. The van der Waals surface area contributed by atoms with Crippen molar-refractivity contribution >= 4 is 23.7 Å². The first-order chi connectivity index (χ1) is 9.85. The van der Waals surface area contributed by atoms with Crippen LogP contribution in [0.2, 0.25) is 0 Å². The van der Waals surface area contributed by atoms with Gasteiger partial charge in [-0.15, -0.1) is 0 Å². The van der Waals surface area contributed by atoms with Crippen molar-refractivity contribution in [1.82, 2.24) is 0 Å². The van der Waals surface area contributed by atoms with Crippen molar-refractivity contribution in [3.05, 3.63) is 40.0 Å². The Balaban J connectivity index is 3.14. The molecule has 1 rings (SSSR count). The van der Waals surface area contributed by atoms with Crippen LogP contribution in [0.4, 0.5) is 5.69 Å².